The lowest BCUT2D eigenvalue weighted by molar-refractivity contribution is -0.135. The number of ketones is 1. The van der Waals surface area contributed by atoms with Gasteiger partial charge in [-0.3, -0.25) is 9.59 Å². The van der Waals surface area contributed by atoms with Crippen LogP contribution in [0.2, 0.25) is 0 Å². The summed E-state index contributed by atoms with van der Waals surface area (Å²) in [5, 5.41) is 3.86. The van der Waals surface area contributed by atoms with Crippen LogP contribution in [0.5, 0.6) is 0 Å². The first-order chi connectivity index (χ1) is 17.8. The number of Topliss-reactive ketones (excluding diaryl/α,β-unsaturated/α-hetero) is 1. The van der Waals surface area contributed by atoms with Gasteiger partial charge in [-0.1, -0.05) is 61.6 Å². The van der Waals surface area contributed by atoms with Crippen molar-refractivity contribution in [3.05, 3.63) is 59.9 Å². The van der Waals surface area contributed by atoms with E-state index in [1.807, 2.05) is 30.3 Å². The second-order valence-corrected chi connectivity index (χ2v) is 11.0. The third-order valence-electron chi connectivity index (χ3n) is 8.39. The van der Waals surface area contributed by atoms with Crippen molar-refractivity contribution in [3.8, 4) is 23.5 Å². The molecule has 3 fully saturated rings. The SMILES string of the molecule is C#CC1(CC(=O)C2(NC(=O)c3cc4ccc(-c5ccc(C6(F)COC6)cc5)cc4o3)CCCCC2)CC1. The number of hydrogen-bond donors (Lipinski definition) is 1. The molecule has 6 heteroatoms. The third-order valence-corrected chi connectivity index (χ3v) is 8.39. The molecule has 2 heterocycles. The molecular weight excluding hydrogens is 469 g/mol. The van der Waals surface area contributed by atoms with Crippen molar-refractivity contribution in [2.75, 3.05) is 13.2 Å². The standard InChI is InChI=1S/C31H30FNO4/c1-2-29(14-15-29)18-27(34)31(12-4-3-5-13-31)33-28(35)26-17-23-7-6-22(16-25(23)37-26)21-8-10-24(11-9-21)30(32)19-36-20-30/h1,6-11,16-17H,3-5,12-15,18-20H2,(H,33,35). The molecule has 1 aliphatic heterocycles. The summed E-state index contributed by atoms with van der Waals surface area (Å²) in [5.41, 5.74) is 0.412. The highest BCUT2D eigenvalue weighted by Gasteiger charge is 2.49. The smallest absolute Gasteiger partial charge is 0.287 e. The number of carbonyl (C=O) groups excluding carboxylic acids is 2. The zero-order chi connectivity index (χ0) is 25.7. The Morgan fingerprint density at radius 2 is 1.65 bits per heavy atom. The third kappa shape index (κ3) is 4.36. The molecule has 0 unspecified atom stereocenters. The summed E-state index contributed by atoms with van der Waals surface area (Å²) in [4.78, 5) is 26.7. The summed E-state index contributed by atoms with van der Waals surface area (Å²) in [6, 6.07) is 14.8. The van der Waals surface area contributed by atoms with E-state index in [-0.39, 0.29) is 36.1 Å². The summed E-state index contributed by atoms with van der Waals surface area (Å²) in [7, 11) is 0. The molecule has 0 atom stereocenters. The van der Waals surface area contributed by atoms with Crippen LogP contribution in [0, 0.1) is 17.8 Å². The second kappa shape index (κ2) is 8.85. The van der Waals surface area contributed by atoms with Crippen LogP contribution in [0.4, 0.5) is 4.39 Å². The van der Waals surface area contributed by atoms with Crippen molar-refractivity contribution in [2.24, 2.45) is 5.41 Å². The number of amides is 1. The number of nitrogens with one attached hydrogen (secondary N) is 1. The van der Waals surface area contributed by atoms with Crippen molar-refractivity contribution in [1.82, 2.24) is 5.32 Å². The molecule has 1 amide bonds. The highest BCUT2D eigenvalue weighted by atomic mass is 19.1. The quantitative estimate of drug-likeness (QED) is 0.399. The average molecular weight is 500 g/mol. The number of alkyl halides is 1. The Bertz CT molecular complexity index is 1400. The Kier molecular flexibility index (Phi) is 5.72. The van der Waals surface area contributed by atoms with E-state index in [9.17, 15) is 14.0 Å². The molecular formula is C31H30FNO4. The molecule has 3 aliphatic rings. The number of halogens is 1. The van der Waals surface area contributed by atoms with E-state index in [0.29, 0.717) is 30.4 Å². The molecule has 2 aromatic carbocycles. The van der Waals surface area contributed by atoms with E-state index < -0.39 is 11.2 Å². The van der Waals surface area contributed by atoms with Gasteiger partial charge < -0.3 is 14.5 Å². The second-order valence-electron chi connectivity index (χ2n) is 11.0. The predicted molar refractivity (Wildman–Crippen MR) is 139 cm³/mol. The van der Waals surface area contributed by atoms with Crippen LogP contribution < -0.4 is 5.32 Å². The van der Waals surface area contributed by atoms with Crippen molar-refractivity contribution in [3.63, 3.8) is 0 Å². The van der Waals surface area contributed by atoms with Gasteiger partial charge in [-0.05, 0) is 54.5 Å². The zero-order valence-electron chi connectivity index (χ0n) is 20.8. The van der Waals surface area contributed by atoms with Gasteiger partial charge in [0, 0.05) is 17.2 Å². The molecule has 2 aliphatic carbocycles. The first-order valence-electron chi connectivity index (χ1n) is 13.1. The maximum absolute atomic E-state index is 14.6. The number of terminal acetylenes is 1. The largest absolute Gasteiger partial charge is 0.451 e. The summed E-state index contributed by atoms with van der Waals surface area (Å²) < 4.78 is 25.6. The first kappa shape index (κ1) is 23.9. The van der Waals surface area contributed by atoms with E-state index in [1.54, 1.807) is 18.2 Å². The number of furan rings is 1. The zero-order valence-corrected chi connectivity index (χ0v) is 20.8. The predicted octanol–water partition coefficient (Wildman–Crippen LogP) is 6.10. The highest BCUT2D eigenvalue weighted by Crippen LogP contribution is 2.49. The average Bonchev–Trinajstić information content (AvgIpc) is 3.54. The van der Waals surface area contributed by atoms with E-state index in [0.717, 1.165) is 48.6 Å². The van der Waals surface area contributed by atoms with E-state index in [1.165, 1.54) is 0 Å². The number of benzene rings is 2. The van der Waals surface area contributed by atoms with E-state index in [4.69, 9.17) is 15.6 Å². The minimum Gasteiger partial charge on any atom is -0.451 e. The highest BCUT2D eigenvalue weighted by molar-refractivity contribution is 6.01. The van der Waals surface area contributed by atoms with Crippen LogP contribution in [0.15, 0.2) is 52.9 Å². The van der Waals surface area contributed by atoms with Gasteiger partial charge in [0.2, 0.25) is 0 Å². The number of fused-ring (bicyclic) bond motifs is 1. The minimum atomic E-state index is -1.40. The van der Waals surface area contributed by atoms with Crippen LogP contribution in [-0.4, -0.2) is 30.4 Å². The topological polar surface area (TPSA) is 68.5 Å². The van der Waals surface area contributed by atoms with Gasteiger partial charge in [-0.15, -0.1) is 6.42 Å². The van der Waals surface area contributed by atoms with Crippen molar-refractivity contribution >= 4 is 22.7 Å². The van der Waals surface area contributed by atoms with Crippen LogP contribution in [-0.2, 0) is 15.2 Å². The van der Waals surface area contributed by atoms with Gasteiger partial charge in [0.15, 0.2) is 17.2 Å². The molecule has 37 heavy (non-hydrogen) atoms. The fourth-order valence-electron chi connectivity index (χ4n) is 5.64. The molecule has 0 bridgehead atoms. The molecule has 1 saturated heterocycles. The molecule has 1 aromatic heterocycles. The molecule has 6 rings (SSSR count). The van der Waals surface area contributed by atoms with Gasteiger partial charge in [0.05, 0.1) is 18.8 Å². The summed E-state index contributed by atoms with van der Waals surface area (Å²) in [6.07, 6.45) is 11.9. The lowest BCUT2D eigenvalue weighted by atomic mass is 9.75. The van der Waals surface area contributed by atoms with Gasteiger partial charge in [-0.2, -0.15) is 0 Å². The number of ether oxygens (including phenoxy) is 1. The van der Waals surface area contributed by atoms with Crippen LogP contribution in [0.25, 0.3) is 22.1 Å². The molecule has 1 N–H and O–H groups in total. The van der Waals surface area contributed by atoms with E-state index >= 15 is 0 Å². The Morgan fingerprint density at radius 3 is 2.27 bits per heavy atom. The van der Waals surface area contributed by atoms with Gasteiger partial charge in [0.1, 0.15) is 5.58 Å². The van der Waals surface area contributed by atoms with Gasteiger partial charge in [-0.25, -0.2) is 4.39 Å². The van der Waals surface area contributed by atoms with Gasteiger partial charge >= 0.3 is 0 Å². The minimum absolute atomic E-state index is 0.0429. The lowest BCUT2D eigenvalue weighted by Crippen LogP contribution is -2.56. The maximum Gasteiger partial charge on any atom is 0.287 e. The van der Waals surface area contributed by atoms with E-state index in [2.05, 4.69) is 11.2 Å². The molecule has 0 spiro atoms. The summed E-state index contributed by atoms with van der Waals surface area (Å²) >= 11 is 0. The number of carbonyl (C=O) groups is 2. The Labute approximate surface area is 215 Å². The Hall–Kier alpha value is -3.43. The van der Waals surface area contributed by atoms with Crippen LogP contribution in [0.1, 0.15) is 67.5 Å². The lowest BCUT2D eigenvalue weighted by Gasteiger charge is -2.37. The fraction of sp³-hybridized carbons (Fsp3) is 0.419. The van der Waals surface area contributed by atoms with Crippen molar-refractivity contribution in [1.29, 1.82) is 0 Å². The van der Waals surface area contributed by atoms with Crippen molar-refractivity contribution < 1.29 is 23.1 Å². The maximum atomic E-state index is 14.6. The first-order valence-corrected chi connectivity index (χ1v) is 13.1. The van der Waals surface area contributed by atoms with Crippen LogP contribution >= 0.6 is 0 Å². The molecule has 0 radical (unpaired) electrons. The number of hydrogen-bond acceptors (Lipinski definition) is 4. The molecule has 190 valence electrons. The molecule has 3 aromatic rings. The number of rotatable bonds is 7. The summed E-state index contributed by atoms with van der Waals surface area (Å²) in [5.74, 6) is 2.65. The Balaban J connectivity index is 1.22. The summed E-state index contributed by atoms with van der Waals surface area (Å²) in [6.45, 7) is 0.181. The van der Waals surface area contributed by atoms with Crippen LogP contribution in [0.3, 0.4) is 0 Å². The normalized spacial score (nSPS) is 21.0. The molecule has 2 saturated carbocycles. The van der Waals surface area contributed by atoms with Crippen molar-refractivity contribution in [2.45, 2.75) is 62.6 Å². The fourth-order valence-corrected chi connectivity index (χ4v) is 5.64. The monoisotopic (exact) mass is 499 g/mol. The van der Waals surface area contributed by atoms with Gasteiger partial charge in [0.25, 0.3) is 5.91 Å². The molecule has 5 nitrogen and oxygen atoms in total. The Morgan fingerprint density at radius 1 is 0.946 bits per heavy atom.